The first-order valence-corrected chi connectivity index (χ1v) is 24.0. The molecule has 0 N–H and O–H groups in total. The Morgan fingerprint density at radius 3 is 1.91 bits per heavy atom. The molecular weight excluding hydrogens is 800 g/mol. The summed E-state index contributed by atoms with van der Waals surface area (Å²) in [5.41, 5.74) is 26.7. The van der Waals surface area contributed by atoms with Gasteiger partial charge < -0.3 is 13.8 Å². The van der Waals surface area contributed by atoms with Gasteiger partial charge in [-0.05, 0) is 125 Å². The second-order valence-electron chi connectivity index (χ2n) is 22.9. The molecule has 0 bridgehead atoms. The molecule has 2 aliphatic carbocycles. The largest absolute Gasteiger partial charge is 0.456 e. The molecule has 0 radical (unpaired) electrons. The van der Waals surface area contributed by atoms with E-state index in [0.29, 0.717) is 0 Å². The van der Waals surface area contributed by atoms with Crippen molar-refractivity contribution in [3.8, 4) is 39.1 Å². The summed E-state index contributed by atoms with van der Waals surface area (Å²) in [6.45, 7) is 23.7. The Labute approximate surface area is 387 Å². The van der Waals surface area contributed by atoms with Gasteiger partial charge in [-0.2, -0.15) is 0 Å². The third-order valence-corrected chi connectivity index (χ3v) is 16.4. The van der Waals surface area contributed by atoms with Crippen molar-refractivity contribution in [2.45, 2.75) is 90.9 Å². The lowest BCUT2D eigenvalue weighted by molar-refractivity contribution is 0.590. The molecule has 0 fully saturated rings. The summed E-state index contributed by atoms with van der Waals surface area (Å²) in [5, 5.41) is 5.02. The molecular formula is C62H53BN2O. The molecule has 2 aromatic heterocycles. The van der Waals surface area contributed by atoms with Crippen LogP contribution in [0.15, 0.2) is 144 Å². The van der Waals surface area contributed by atoms with E-state index < -0.39 is 0 Å². The molecule has 8 aromatic carbocycles. The molecule has 66 heavy (non-hydrogen) atoms. The van der Waals surface area contributed by atoms with Crippen molar-refractivity contribution in [3.05, 3.63) is 173 Å². The second kappa shape index (κ2) is 12.2. The molecule has 0 spiro atoms. The first kappa shape index (κ1) is 38.5. The van der Waals surface area contributed by atoms with Gasteiger partial charge in [0.2, 0.25) is 0 Å². The molecule has 10 aromatic rings. The normalized spacial score (nSPS) is 15.9. The van der Waals surface area contributed by atoms with E-state index in [9.17, 15) is 0 Å². The number of nitrogens with zero attached hydrogens (tertiary/aromatic N) is 2. The van der Waals surface area contributed by atoms with Crippen LogP contribution in [-0.2, 0) is 21.7 Å². The van der Waals surface area contributed by atoms with Gasteiger partial charge in [0.1, 0.15) is 11.2 Å². The maximum Gasteiger partial charge on any atom is 0.333 e. The van der Waals surface area contributed by atoms with E-state index in [1.165, 1.54) is 117 Å². The summed E-state index contributed by atoms with van der Waals surface area (Å²) in [6.07, 6.45) is 0. The van der Waals surface area contributed by atoms with E-state index in [0.717, 1.165) is 21.9 Å². The second-order valence-corrected chi connectivity index (χ2v) is 22.9. The van der Waals surface area contributed by atoms with Crippen molar-refractivity contribution in [3.63, 3.8) is 0 Å². The van der Waals surface area contributed by atoms with Gasteiger partial charge >= 0.3 is 6.85 Å². The highest BCUT2D eigenvalue weighted by molar-refractivity contribution is 6.94. The number of hydrogen-bond acceptors (Lipinski definition) is 2. The van der Waals surface area contributed by atoms with E-state index in [-0.39, 0.29) is 28.5 Å². The van der Waals surface area contributed by atoms with Crippen LogP contribution in [0.2, 0.25) is 0 Å². The van der Waals surface area contributed by atoms with Crippen LogP contribution in [-0.4, -0.2) is 11.4 Å². The summed E-state index contributed by atoms with van der Waals surface area (Å²) < 4.78 is 9.53. The average Bonchev–Trinajstić information content (AvgIpc) is 3.97. The average molecular weight is 853 g/mol. The van der Waals surface area contributed by atoms with Gasteiger partial charge in [-0.15, -0.1) is 0 Å². The zero-order valence-electron chi connectivity index (χ0n) is 39.7. The van der Waals surface area contributed by atoms with Gasteiger partial charge in [-0.3, -0.25) is 0 Å². The monoisotopic (exact) mass is 852 g/mol. The molecule has 0 unspecified atom stereocenters. The third kappa shape index (κ3) is 4.65. The molecule has 3 nitrogen and oxygen atoms in total. The molecule has 4 aliphatic rings. The summed E-state index contributed by atoms with van der Waals surface area (Å²) >= 11 is 0. The fourth-order valence-electron chi connectivity index (χ4n) is 13.1. The predicted octanol–water partition coefficient (Wildman–Crippen LogP) is 15.1. The minimum absolute atomic E-state index is 0.0180. The topological polar surface area (TPSA) is 21.3 Å². The van der Waals surface area contributed by atoms with Crippen LogP contribution in [0, 0.1) is 0 Å². The van der Waals surface area contributed by atoms with E-state index in [2.05, 4.69) is 218 Å². The van der Waals surface area contributed by atoms with Gasteiger partial charge in [0, 0.05) is 61.1 Å². The Bertz CT molecular complexity index is 3840. The van der Waals surface area contributed by atoms with Crippen LogP contribution >= 0.6 is 0 Å². The molecule has 0 amide bonds. The molecule has 4 heterocycles. The van der Waals surface area contributed by atoms with E-state index in [4.69, 9.17) is 4.42 Å². The summed E-state index contributed by atoms with van der Waals surface area (Å²) in [6, 6.07) is 53.9. The fraction of sp³-hybridized carbons (Fsp3) is 0.226. The van der Waals surface area contributed by atoms with E-state index in [1.54, 1.807) is 0 Å². The Balaban J connectivity index is 1.23. The lowest BCUT2D eigenvalue weighted by Crippen LogP contribution is -2.61. The van der Waals surface area contributed by atoms with Gasteiger partial charge in [0.25, 0.3) is 0 Å². The summed E-state index contributed by atoms with van der Waals surface area (Å²) in [5.74, 6) is 0. The summed E-state index contributed by atoms with van der Waals surface area (Å²) in [4.78, 5) is 2.69. The quantitative estimate of drug-likeness (QED) is 0.153. The van der Waals surface area contributed by atoms with Crippen molar-refractivity contribution in [1.82, 2.24) is 4.57 Å². The third-order valence-electron chi connectivity index (χ3n) is 16.4. The molecule has 4 heteroatoms. The van der Waals surface area contributed by atoms with Crippen molar-refractivity contribution in [2.24, 2.45) is 0 Å². The van der Waals surface area contributed by atoms with Crippen LogP contribution < -0.4 is 15.7 Å². The molecule has 320 valence electrons. The van der Waals surface area contributed by atoms with Crippen molar-refractivity contribution in [1.29, 1.82) is 0 Å². The zero-order valence-corrected chi connectivity index (χ0v) is 39.7. The minimum Gasteiger partial charge on any atom is -0.456 e. The Morgan fingerprint density at radius 1 is 0.500 bits per heavy atom. The number of aromatic nitrogens is 1. The smallest absolute Gasteiger partial charge is 0.333 e. The number of rotatable bonds is 1. The van der Waals surface area contributed by atoms with Crippen LogP contribution in [0.3, 0.4) is 0 Å². The Kier molecular flexibility index (Phi) is 7.09. The van der Waals surface area contributed by atoms with E-state index in [1.807, 2.05) is 0 Å². The van der Waals surface area contributed by atoms with Crippen molar-refractivity contribution in [2.75, 3.05) is 4.81 Å². The standard InChI is InChI=1S/C62H53BN2O/c1-59(2,3)34-23-26-36(27-24-34)65-49-33-52-41(38-18-13-16-22-51(38)66-52)30-43(49)55-56-53(39-19-12-15-21-45(39)62(56,9)10)54-42-29-35(60(4,5)6)25-28-48(42)64-50-31-40-37-17-11-14-20-44(37)61(7,8)46(40)32-47(50)63(65)57(55)58(54)64/h11-33H,1-10H3. The maximum absolute atomic E-state index is 6.83. The molecule has 0 atom stereocenters. The molecule has 0 saturated carbocycles. The number of furan rings is 1. The number of hydrogen-bond donors (Lipinski definition) is 0. The highest BCUT2D eigenvalue weighted by atomic mass is 16.3. The lowest BCUT2D eigenvalue weighted by atomic mass is 9.43. The maximum atomic E-state index is 6.83. The number of fused-ring (bicyclic) bond motifs is 19. The zero-order chi connectivity index (χ0) is 45.1. The Hall–Kier alpha value is -6.78. The summed E-state index contributed by atoms with van der Waals surface area (Å²) in [7, 11) is 0. The lowest BCUT2D eigenvalue weighted by Gasteiger charge is -2.44. The highest BCUT2D eigenvalue weighted by Gasteiger charge is 2.51. The van der Waals surface area contributed by atoms with Gasteiger partial charge in [-0.1, -0.05) is 160 Å². The number of benzene rings is 8. The predicted molar refractivity (Wildman–Crippen MR) is 280 cm³/mol. The van der Waals surface area contributed by atoms with E-state index >= 15 is 0 Å². The first-order valence-electron chi connectivity index (χ1n) is 24.0. The van der Waals surface area contributed by atoms with Crippen molar-refractivity contribution < 1.29 is 4.42 Å². The number of anilines is 2. The first-order chi connectivity index (χ1) is 31.5. The van der Waals surface area contributed by atoms with Crippen LogP contribution in [0.5, 0.6) is 0 Å². The van der Waals surface area contributed by atoms with Crippen LogP contribution in [0.4, 0.5) is 11.4 Å². The van der Waals surface area contributed by atoms with Crippen LogP contribution in [0.1, 0.15) is 103 Å². The van der Waals surface area contributed by atoms with Crippen molar-refractivity contribution >= 4 is 72.9 Å². The molecule has 0 saturated heterocycles. The highest BCUT2D eigenvalue weighted by Crippen LogP contribution is 2.60. The van der Waals surface area contributed by atoms with Gasteiger partial charge in [0.05, 0.1) is 11.0 Å². The molecule has 2 aliphatic heterocycles. The SMILES string of the molecule is CC(C)(C)c1ccc(N2B3c4cc5c(cc4-n4c6ccc(C(C)(C)C)cc6c6c7c(c(c3c64)-c3cc4c(cc32)oc2ccccc24)C(C)(C)c2ccccc2-7)-c2ccccc2C5(C)C)cc1. The number of para-hydroxylation sites is 1. The van der Waals surface area contributed by atoms with Crippen LogP contribution in [0.25, 0.3) is 82.8 Å². The van der Waals surface area contributed by atoms with Gasteiger partial charge in [-0.25, -0.2) is 0 Å². The Morgan fingerprint density at radius 2 is 1.17 bits per heavy atom. The van der Waals surface area contributed by atoms with Gasteiger partial charge in [0.15, 0.2) is 0 Å². The minimum atomic E-state index is -0.282. The molecule has 14 rings (SSSR count). The fourth-order valence-corrected chi connectivity index (χ4v) is 13.1.